The Bertz CT molecular complexity index is 137. The molecule has 0 saturated heterocycles. The predicted octanol–water partition coefficient (Wildman–Crippen LogP) is 3.06. The van der Waals surface area contributed by atoms with Crippen molar-refractivity contribution in [3.05, 3.63) is 0 Å². The molecule has 14 heavy (non-hydrogen) atoms. The summed E-state index contributed by atoms with van der Waals surface area (Å²) in [5, 5.41) is 0. The van der Waals surface area contributed by atoms with E-state index in [2.05, 4.69) is 6.92 Å². The maximum atomic E-state index is 10.8. The molecule has 0 aromatic heterocycles. The van der Waals surface area contributed by atoms with Crippen molar-refractivity contribution in [1.29, 1.82) is 0 Å². The van der Waals surface area contributed by atoms with Crippen LogP contribution < -0.4 is 0 Å². The molecule has 84 valence electrons. The molecule has 0 aliphatic carbocycles. The van der Waals surface area contributed by atoms with Gasteiger partial charge < -0.3 is 0 Å². The van der Waals surface area contributed by atoms with Crippen LogP contribution in [0.1, 0.15) is 46.0 Å². The molecule has 0 bridgehead atoms. The van der Waals surface area contributed by atoms with Gasteiger partial charge in [0.2, 0.25) is 0 Å². The van der Waals surface area contributed by atoms with Gasteiger partial charge in [-0.2, -0.15) is 0 Å². The molecule has 0 N–H and O–H groups in total. The summed E-state index contributed by atoms with van der Waals surface area (Å²) in [5.41, 5.74) is 0. The Balaban J connectivity index is 2.95. The third kappa shape index (κ3) is 10.3. The zero-order valence-corrected chi connectivity index (χ0v) is 11.7. The van der Waals surface area contributed by atoms with E-state index in [1.165, 1.54) is 28.2 Å². The molecule has 0 radical (unpaired) electrons. The predicted molar refractivity (Wildman–Crippen MR) is 60.8 cm³/mol. The van der Waals surface area contributed by atoms with Crippen LogP contribution in [-0.2, 0) is 9.53 Å². The Hall–Kier alpha value is 0.260. The standard InChI is InChI=1S/C11H22O2Te/c1-3-5-9-14-10-7-6-8-13-11(12)4-2/h3-10H2,1-2H3. The van der Waals surface area contributed by atoms with Crippen molar-refractivity contribution in [3.8, 4) is 0 Å². The van der Waals surface area contributed by atoms with Crippen molar-refractivity contribution in [3.63, 3.8) is 0 Å². The molecule has 0 heterocycles. The molecule has 0 rings (SSSR count). The Morgan fingerprint density at radius 3 is 2.50 bits per heavy atom. The van der Waals surface area contributed by atoms with Crippen LogP contribution in [0.4, 0.5) is 0 Å². The molecular weight excluding hydrogens is 292 g/mol. The molecule has 0 spiro atoms. The number of ether oxygens (including phenoxy) is 1. The van der Waals surface area contributed by atoms with Gasteiger partial charge in [-0.05, 0) is 0 Å². The molecule has 0 fully saturated rings. The van der Waals surface area contributed by atoms with E-state index in [4.69, 9.17) is 4.74 Å². The van der Waals surface area contributed by atoms with E-state index in [9.17, 15) is 4.79 Å². The Labute approximate surface area is 97.9 Å². The van der Waals surface area contributed by atoms with Crippen LogP contribution in [0.25, 0.3) is 0 Å². The minimum atomic E-state index is -0.0626. The minimum absolute atomic E-state index is 0.0626. The molecule has 3 heteroatoms. The van der Waals surface area contributed by atoms with Gasteiger partial charge in [0.1, 0.15) is 0 Å². The first-order valence-electron chi connectivity index (χ1n) is 5.54. The van der Waals surface area contributed by atoms with Crippen LogP contribution >= 0.6 is 0 Å². The Kier molecular flexibility index (Phi) is 11.5. The van der Waals surface area contributed by atoms with Gasteiger partial charge in [0.05, 0.1) is 0 Å². The van der Waals surface area contributed by atoms with Gasteiger partial charge in [-0.1, -0.05) is 0 Å². The van der Waals surface area contributed by atoms with Crippen LogP contribution in [0.5, 0.6) is 0 Å². The SMILES string of the molecule is CCCC[Te]CCCCOC(=O)CC. The van der Waals surface area contributed by atoms with Gasteiger partial charge in [0, 0.05) is 0 Å². The van der Waals surface area contributed by atoms with E-state index in [1.54, 1.807) is 0 Å². The summed E-state index contributed by atoms with van der Waals surface area (Å²) in [5.74, 6) is -0.0626. The quantitative estimate of drug-likeness (QED) is 0.371. The van der Waals surface area contributed by atoms with Crippen LogP contribution in [0.2, 0.25) is 8.94 Å². The van der Waals surface area contributed by atoms with Gasteiger partial charge in [0.15, 0.2) is 0 Å². The summed E-state index contributed by atoms with van der Waals surface area (Å²) in [4.78, 5) is 10.8. The molecule has 0 amide bonds. The van der Waals surface area contributed by atoms with Crippen LogP contribution in [0.3, 0.4) is 0 Å². The van der Waals surface area contributed by atoms with E-state index < -0.39 is 0 Å². The molecule has 0 atom stereocenters. The van der Waals surface area contributed by atoms with Crippen LogP contribution in [0.15, 0.2) is 0 Å². The molecule has 0 saturated carbocycles. The van der Waals surface area contributed by atoms with Gasteiger partial charge in [-0.15, -0.1) is 0 Å². The van der Waals surface area contributed by atoms with Crippen LogP contribution in [0, 0.1) is 0 Å². The summed E-state index contributed by atoms with van der Waals surface area (Å²) < 4.78 is 7.89. The first kappa shape index (κ1) is 14.3. The van der Waals surface area contributed by atoms with E-state index in [1.807, 2.05) is 6.92 Å². The summed E-state index contributed by atoms with van der Waals surface area (Å²) in [6.07, 6.45) is 5.56. The van der Waals surface area contributed by atoms with Crippen molar-refractivity contribution >= 4 is 26.9 Å². The zero-order valence-electron chi connectivity index (χ0n) is 9.38. The Morgan fingerprint density at radius 1 is 1.14 bits per heavy atom. The molecule has 2 nitrogen and oxygen atoms in total. The first-order chi connectivity index (χ1) is 6.81. The molecule has 0 aromatic rings. The number of unbranched alkanes of at least 4 members (excludes halogenated alkanes) is 2. The average molecular weight is 314 g/mol. The summed E-state index contributed by atoms with van der Waals surface area (Å²) >= 11 is 0.279. The second-order valence-electron chi connectivity index (χ2n) is 3.25. The second-order valence-corrected chi connectivity index (χ2v) is 6.74. The fourth-order valence-electron chi connectivity index (χ4n) is 0.943. The Morgan fingerprint density at radius 2 is 1.86 bits per heavy atom. The number of esters is 1. The molecule has 0 aliphatic rings. The fourth-order valence-corrected chi connectivity index (χ4v) is 4.10. The van der Waals surface area contributed by atoms with Crippen molar-refractivity contribution in [1.82, 2.24) is 0 Å². The van der Waals surface area contributed by atoms with Crippen LogP contribution in [-0.4, -0.2) is 33.5 Å². The van der Waals surface area contributed by atoms with Crippen molar-refractivity contribution < 1.29 is 9.53 Å². The summed E-state index contributed by atoms with van der Waals surface area (Å²) in [6, 6.07) is 0. The van der Waals surface area contributed by atoms with E-state index in [-0.39, 0.29) is 26.9 Å². The van der Waals surface area contributed by atoms with E-state index >= 15 is 0 Å². The summed E-state index contributed by atoms with van der Waals surface area (Å²) in [6.45, 7) is 4.71. The fraction of sp³-hybridized carbons (Fsp3) is 0.909. The molecule has 0 aliphatic heterocycles. The number of hydrogen-bond acceptors (Lipinski definition) is 2. The first-order valence-corrected chi connectivity index (χ1v) is 8.84. The van der Waals surface area contributed by atoms with Crippen molar-refractivity contribution in [2.75, 3.05) is 6.61 Å². The van der Waals surface area contributed by atoms with Gasteiger partial charge in [-0.25, -0.2) is 0 Å². The van der Waals surface area contributed by atoms with Gasteiger partial charge >= 0.3 is 97.9 Å². The molecule has 0 aromatic carbocycles. The topological polar surface area (TPSA) is 26.3 Å². The third-order valence-electron chi connectivity index (χ3n) is 1.88. The molecular formula is C11H22O2Te. The number of carbonyl (C=O) groups is 1. The average Bonchev–Trinajstić information content (AvgIpc) is 2.21. The van der Waals surface area contributed by atoms with Gasteiger partial charge in [-0.3, -0.25) is 0 Å². The zero-order chi connectivity index (χ0) is 10.6. The maximum absolute atomic E-state index is 10.8. The van der Waals surface area contributed by atoms with E-state index in [0.717, 1.165) is 6.42 Å². The van der Waals surface area contributed by atoms with Crippen molar-refractivity contribution in [2.45, 2.75) is 54.9 Å². The number of rotatable bonds is 9. The second kappa shape index (κ2) is 11.3. The molecule has 0 unspecified atom stereocenters. The number of carbonyl (C=O) groups excluding carboxylic acids is 1. The normalized spacial score (nSPS) is 10.1. The number of hydrogen-bond donors (Lipinski definition) is 0. The van der Waals surface area contributed by atoms with Gasteiger partial charge in [0.25, 0.3) is 0 Å². The monoisotopic (exact) mass is 316 g/mol. The van der Waals surface area contributed by atoms with E-state index in [0.29, 0.717) is 13.0 Å². The van der Waals surface area contributed by atoms with Crippen molar-refractivity contribution in [2.24, 2.45) is 0 Å². The third-order valence-corrected chi connectivity index (χ3v) is 5.17. The summed E-state index contributed by atoms with van der Waals surface area (Å²) in [7, 11) is 0.